The summed E-state index contributed by atoms with van der Waals surface area (Å²) in [6.07, 6.45) is 4.61. The third-order valence-electron chi connectivity index (χ3n) is 1.95. The van der Waals surface area contributed by atoms with Gasteiger partial charge in [-0.3, -0.25) is 4.68 Å². The van der Waals surface area contributed by atoms with E-state index in [0.29, 0.717) is 6.04 Å². The first-order valence-corrected chi connectivity index (χ1v) is 5.09. The van der Waals surface area contributed by atoms with Crippen LogP contribution in [0.3, 0.4) is 0 Å². The Hall–Kier alpha value is -0.510. The van der Waals surface area contributed by atoms with Crippen molar-refractivity contribution in [2.24, 2.45) is 0 Å². The quantitative estimate of drug-likeness (QED) is 0.864. The summed E-state index contributed by atoms with van der Waals surface area (Å²) in [5.74, 6) is 0.962. The molecule has 0 atom stereocenters. The number of nitrogens with one attached hydrogen (secondary N) is 1. The van der Waals surface area contributed by atoms with E-state index in [-0.39, 0.29) is 0 Å². The van der Waals surface area contributed by atoms with Crippen LogP contribution in [0, 0.1) is 0 Å². The average Bonchev–Trinajstić information content (AvgIpc) is 2.80. The van der Waals surface area contributed by atoms with E-state index in [4.69, 9.17) is 0 Å². The summed E-state index contributed by atoms with van der Waals surface area (Å²) in [4.78, 5) is 0. The molecule has 1 aliphatic carbocycles. The molecule has 0 aromatic carbocycles. The van der Waals surface area contributed by atoms with Crippen LogP contribution < -0.4 is 5.32 Å². The van der Waals surface area contributed by atoms with Crippen molar-refractivity contribution in [2.75, 3.05) is 11.9 Å². The van der Waals surface area contributed by atoms with Gasteiger partial charge in [0.15, 0.2) is 5.82 Å². The molecule has 12 heavy (non-hydrogen) atoms. The number of anilines is 1. The summed E-state index contributed by atoms with van der Waals surface area (Å²) in [5, 5.41) is 7.62. The average molecular weight is 230 g/mol. The maximum Gasteiger partial charge on any atom is 0.162 e. The predicted molar refractivity (Wildman–Crippen MR) is 52.4 cm³/mol. The third-order valence-corrected chi connectivity index (χ3v) is 2.53. The lowest BCUT2D eigenvalue weighted by Crippen LogP contribution is -2.00. The van der Waals surface area contributed by atoms with Gasteiger partial charge in [-0.1, -0.05) is 0 Å². The molecule has 0 saturated heterocycles. The third kappa shape index (κ3) is 1.48. The van der Waals surface area contributed by atoms with Crippen molar-refractivity contribution in [3.63, 3.8) is 0 Å². The molecule has 1 aliphatic rings. The fourth-order valence-electron chi connectivity index (χ4n) is 1.18. The largest absolute Gasteiger partial charge is 0.368 e. The highest BCUT2D eigenvalue weighted by Gasteiger charge is 2.25. The minimum atomic E-state index is 0.661. The van der Waals surface area contributed by atoms with Gasteiger partial charge < -0.3 is 5.32 Å². The monoisotopic (exact) mass is 229 g/mol. The molecule has 0 radical (unpaired) electrons. The first-order chi connectivity index (χ1) is 5.81. The second kappa shape index (κ2) is 3.09. The number of hydrogen-bond acceptors (Lipinski definition) is 2. The van der Waals surface area contributed by atoms with E-state index in [2.05, 4.69) is 39.5 Å². The first kappa shape index (κ1) is 8.10. The van der Waals surface area contributed by atoms with Crippen LogP contribution in [0.15, 0.2) is 10.7 Å². The lowest BCUT2D eigenvalue weighted by Gasteiger charge is -1.97. The molecule has 1 saturated carbocycles. The van der Waals surface area contributed by atoms with Gasteiger partial charge in [0, 0.05) is 12.7 Å². The molecule has 1 heterocycles. The van der Waals surface area contributed by atoms with E-state index in [1.54, 1.807) is 0 Å². The molecule has 1 fully saturated rings. The Balaban J connectivity index is 2.18. The highest BCUT2D eigenvalue weighted by molar-refractivity contribution is 9.10. The Morgan fingerprint density at radius 1 is 1.75 bits per heavy atom. The molecule has 0 amide bonds. The zero-order chi connectivity index (χ0) is 8.55. The van der Waals surface area contributed by atoms with Crippen LogP contribution in [0.25, 0.3) is 0 Å². The Morgan fingerprint density at radius 3 is 3.08 bits per heavy atom. The van der Waals surface area contributed by atoms with E-state index in [0.717, 1.165) is 16.8 Å². The highest BCUT2D eigenvalue weighted by Crippen LogP contribution is 2.36. The van der Waals surface area contributed by atoms with Gasteiger partial charge in [0.05, 0.1) is 10.5 Å². The van der Waals surface area contributed by atoms with Crippen LogP contribution in [0.2, 0.25) is 0 Å². The summed E-state index contributed by atoms with van der Waals surface area (Å²) < 4.78 is 3.11. The molecule has 0 bridgehead atoms. The van der Waals surface area contributed by atoms with Crippen molar-refractivity contribution in [1.82, 2.24) is 9.78 Å². The minimum Gasteiger partial charge on any atom is -0.368 e. The molecule has 0 unspecified atom stereocenters. The lowest BCUT2D eigenvalue weighted by molar-refractivity contribution is 0.643. The molecule has 1 aromatic heterocycles. The van der Waals surface area contributed by atoms with Crippen LogP contribution in [0.1, 0.15) is 25.8 Å². The van der Waals surface area contributed by atoms with Crippen molar-refractivity contribution in [2.45, 2.75) is 25.8 Å². The van der Waals surface area contributed by atoms with Gasteiger partial charge in [0.1, 0.15) is 0 Å². The zero-order valence-corrected chi connectivity index (χ0v) is 8.63. The summed E-state index contributed by atoms with van der Waals surface area (Å²) in [7, 11) is 0. The number of hydrogen-bond donors (Lipinski definition) is 1. The van der Waals surface area contributed by atoms with Crippen LogP contribution in [0.4, 0.5) is 5.82 Å². The highest BCUT2D eigenvalue weighted by atomic mass is 79.9. The van der Waals surface area contributed by atoms with Gasteiger partial charge in [-0.15, -0.1) is 0 Å². The van der Waals surface area contributed by atoms with Crippen LogP contribution in [-0.2, 0) is 0 Å². The van der Waals surface area contributed by atoms with Gasteiger partial charge in [-0.25, -0.2) is 0 Å². The molecule has 66 valence electrons. The van der Waals surface area contributed by atoms with E-state index in [9.17, 15) is 0 Å². The lowest BCUT2D eigenvalue weighted by atomic mass is 10.6. The number of rotatable bonds is 3. The fourth-order valence-corrected chi connectivity index (χ4v) is 1.61. The van der Waals surface area contributed by atoms with E-state index in [1.165, 1.54) is 12.8 Å². The SMILES string of the molecule is CCNc1nn(C2CC2)cc1Br. The van der Waals surface area contributed by atoms with Crippen molar-refractivity contribution >= 4 is 21.7 Å². The summed E-state index contributed by atoms with van der Waals surface area (Å²) in [6.45, 7) is 2.99. The zero-order valence-electron chi connectivity index (χ0n) is 7.05. The normalized spacial score (nSPS) is 16.5. The van der Waals surface area contributed by atoms with Crippen molar-refractivity contribution in [3.8, 4) is 0 Å². The summed E-state index contributed by atoms with van der Waals surface area (Å²) in [6, 6.07) is 0.661. The number of nitrogens with zero attached hydrogens (tertiary/aromatic N) is 2. The van der Waals surface area contributed by atoms with Crippen molar-refractivity contribution in [1.29, 1.82) is 0 Å². The Morgan fingerprint density at radius 2 is 2.50 bits per heavy atom. The number of halogens is 1. The number of aromatic nitrogens is 2. The molecule has 0 aliphatic heterocycles. The van der Waals surface area contributed by atoms with E-state index in [1.807, 2.05) is 4.68 Å². The molecular weight excluding hydrogens is 218 g/mol. The molecule has 3 nitrogen and oxygen atoms in total. The second-order valence-corrected chi connectivity index (χ2v) is 3.92. The maximum absolute atomic E-state index is 4.42. The Bertz CT molecular complexity index is 278. The Labute approximate surface area is 80.3 Å². The van der Waals surface area contributed by atoms with Gasteiger partial charge >= 0.3 is 0 Å². The molecule has 4 heteroatoms. The topological polar surface area (TPSA) is 29.9 Å². The van der Waals surface area contributed by atoms with Crippen LogP contribution in [-0.4, -0.2) is 16.3 Å². The molecule has 1 N–H and O–H groups in total. The minimum absolute atomic E-state index is 0.661. The van der Waals surface area contributed by atoms with Gasteiger partial charge in [0.2, 0.25) is 0 Å². The second-order valence-electron chi connectivity index (χ2n) is 3.07. The summed E-state index contributed by atoms with van der Waals surface area (Å²) >= 11 is 3.47. The molecular formula is C8H12BrN3. The first-order valence-electron chi connectivity index (χ1n) is 4.29. The van der Waals surface area contributed by atoms with Crippen LogP contribution in [0.5, 0.6) is 0 Å². The van der Waals surface area contributed by atoms with Crippen LogP contribution >= 0.6 is 15.9 Å². The molecule has 1 aromatic rings. The standard InChI is InChI=1S/C8H12BrN3/c1-2-10-8-7(9)5-12(11-8)6-3-4-6/h5-6H,2-4H2,1H3,(H,10,11). The van der Waals surface area contributed by atoms with Crippen molar-refractivity contribution in [3.05, 3.63) is 10.7 Å². The predicted octanol–water partition coefficient (Wildman–Crippen LogP) is 2.41. The van der Waals surface area contributed by atoms with E-state index >= 15 is 0 Å². The smallest absolute Gasteiger partial charge is 0.162 e. The molecule has 0 spiro atoms. The van der Waals surface area contributed by atoms with Gasteiger partial charge in [-0.2, -0.15) is 5.10 Å². The fraction of sp³-hybridized carbons (Fsp3) is 0.625. The van der Waals surface area contributed by atoms with Crippen molar-refractivity contribution < 1.29 is 0 Å². The Kier molecular flexibility index (Phi) is 2.09. The summed E-state index contributed by atoms with van der Waals surface area (Å²) in [5.41, 5.74) is 0. The maximum atomic E-state index is 4.42. The molecule has 2 rings (SSSR count). The van der Waals surface area contributed by atoms with Gasteiger partial charge in [-0.05, 0) is 35.7 Å². The van der Waals surface area contributed by atoms with Gasteiger partial charge in [0.25, 0.3) is 0 Å². The van der Waals surface area contributed by atoms with E-state index < -0.39 is 0 Å².